The molecule has 0 rings (SSSR count). The lowest BCUT2D eigenvalue weighted by Crippen LogP contribution is -2.33. The van der Waals surface area contributed by atoms with Crippen molar-refractivity contribution in [3.8, 4) is 0 Å². The third-order valence-electron chi connectivity index (χ3n) is 0.885. The van der Waals surface area contributed by atoms with E-state index < -0.39 is 6.04 Å². The summed E-state index contributed by atoms with van der Waals surface area (Å²) in [6.07, 6.45) is 0.586. The van der Waals surface area contributed by atoms with Gasteiger partial charge in [-0.25, -0.2) is 0 Å². The van der Waals surface area contributed by atoms with Crippen molar-refractivity contribution in [1.82, 2.24) is 5.32 Å². The zero-order valence-corrected chi connectivity index (χ0v) is 4.97. The van der Waals surface area contributed by atoms with E-state index in [-0.39, 0.29) is 5.78 Å². The number of carbonyl (C=O) groups excluding carboxylic acids is 2. The van der Waals surface area contributed by atoms with Gasteiger partial charge in [0.15, 0.2) is 5.78 Å². The van der Waals surface area contributed by atoms with Crippen LogP contribution in [0.25, 0.3) is 0 Å². The predicted octanol–water partition coefficient (Wildman–Crippen LogP) is -0.638. The number of aldehydes is 1. The van der Waals surface area contributed by atoms with Gasteiger partial charge < -0.3 is 10.1 Å². The quantitative estimate of drug-likeness (QED) is 0.393. The van der Waals surface area contributed by atoms with Crippen LogP contribution in [0.3, 0.4) is 0 Å². The average molecular weight is 115 g/mol. The smallest absolute Gasteiger partial charge is 0.153 e. The van der Waals surface area contributed by atoms with E-state index in [4.69, 9.17) is 0 Å². The van der Waals surface area contributed by atoms with Gasteiger partial charge in [-0.1, -0.05) is 0 Å². The van der Waals surface area contributed by atoms with Gasteiger partial charge in [-0.2, -0.15) is 0 Å². The van der Waals surface area contributed by atoms with Crippen molar-refractivity contribution < 1.29 is 9.59 Å². The molecule has 0 amide bonds. The molecule has 0 saturated heterocycles. The van der Waals surface area contributed by atoms with E-state index in [1.54, 1.807) is 7.05 Å². The van der Waals surface area contributed by atoms with Gasteiger partial charge in [0.25, 0.3) is 0 Å². The van der Waals surface area contributed by atoms with Crippen molar-refractivity contribution in [3.63, 3.8) is 0 Å². The number of hydrogen-bond donors (Lipinski definition) is 1. The Bertz CT molecular complexity index is 101. The largest absolute Gasteiger partial charge is 0.305 e. The molecule has 0 bridgehead atoms. The van der Waals surface area contributed by atoms with Crippen molar-refractivity contribution in [1.29, 1.82) is 0 Å². The second-order valence-electron chi connectivity index (χ2n) is 1.51. The van der Waals surface area contributed by atoms with Crippen LogP contribution in [0, 0.1) is 0 Å². The first-order valence-corrected chi connectivity index (χ1v) is 2.35. The molecule has 0 aromatic heterocycles. The third kappa shape index (κ3) is 1.84. The molecular weight excluding hydrogens is 106 g/mol. The van der Waals surface area contributed by atoms with Gasteiger partial charge in [-0.3, -0.25) is 4.79 Å². The summed E-state index contributed by atoms with van der Waals surface area (Å²) in [4.78, 5) is 20.2. The van der Waals surface area contributed by atoms with Crippen molar-refractivity contribution in [2.75, 3.05) is 7.05 Å². The van der Waals surface area contributed by atoms with Crippen LogP contribution < -0.4 is 5.32 Å². The highest BCUT2D eigenvalue weighted by atomic mass is 16.1. The first kappa shape index (κ1) is 7.30. The summed E-state index contributed by atoms with van der Waals surface area (Å²) in [6.45, 7) is 1.37. The van der Waals surface area contributed by atoms with Gasteiger partial charge in [0.1, 0.15) is 12.3 Å². The fourth-order valence-corrected chi connectivity index (χ4v) is 0.367. The molecule has 0 aromatic carbocycles. The molecule has 0 unspecified atom stereocenters. The minimum Gasteiger partial charge on any atom is -0.305 e. The van der Waals surface area contributed by atoms with Crippen LogP contribution in [0.2, 0.25) is 0 Å². The molecule has 3 nitrogen and oxygen atoms in total. The Morgan fingerprint density at radius 3 is 2.25 bits per heavy atom. The standard InChI is InChI=1S/C5H9NO2/c1-4(8)5(3-7)6-2/h3,5-6H,1-2H3/t5-/m0/s1. The van der Waals surface area contributed by atoms with Gasteiger partial charge in [0.2, 0.25) is 0 Å². The lowest BCUT2D eigenvalue weighted by Gasteiger charge is -2.00. The number of rotatable bonds is 3. The Morgan fingerprint density at radius 2 is 2.25 bits per heavy atom. The second kappa shape index (κ2) is 3.32. The molecule has 0 saturated carbocycles. The Labute approximate surface area is 48.1 Å². The van der Waals surface area contributed by atoms with Gasteiger partial charge in [-0.15, -0.1) is 0 Å². The van der Waals surface area contributed by atoms with E-state index in [1.807, 2.05) is 0 Å². The molecular formula is C5H9NO2. The van der Waals surface area contributed by atoms with Gasteiger partial charge in [0, 0.05) is 0 Å². The molecule has 0 aliphatic heterocycles. The summed E-state index contributed by atoms with van der Waals surface area (Å²) < 4.78 is 0. The van der Waals surface area contributed by atoms with E-state index in [0.717, 1.165) is 0 Å². The zero-order chi connectivity index (χ0) is 6.57. The highest BCUT2D eigenvalue weighted by Gasteiger charge is 2.07. The number of Topliss-reactive ketones (excluding diaryl/α,β-unsaturated/α-hetero) is 1. The molecule has 46 valence electrons. The first-order valence-electron chi connectivity index (χ1n) is 2.35. The highest BCUT2D eigenvalue weighted by Crippen LogP contribution is 1.75. The van der Waals surface area contributed by atoms with Crippen LogP contribution in [0.4, 0.5) is 0 Å². The maximum Gasteiger partial charge on any atom is 0.153 e. The van der Waals surface area contributed by atoms with Crippen LogP contribution in [-0.4, -0.2) is 25.2 Å². The lowest BCUT2D eigenvalue weighted by molar-refractivity contribution is -0.123. The molecule has 1 N–H and O–H groups in total. The third-order valence-corrected chi connectivity index (χ3v) is 0.885. The Morgan fingerprint density at radius 1 is 1.75 bits per heavy atom. The Balaban J connectivity index is 3.69. The van der Waals surface area contributed by atoms with Gasteiger partial charge in [0.05, 0.1) is 0 Å². The van der Waals surface area contributed by atoms with Crippen LogP contribution in [-0.2, 0) is 9.59 Å². The summed E-state index contributed by atoms with van der Waals surface area (Å²) in [5.41, 5.74) is 0. The summed E-state index contributed by atoms with van der Waals surface area (Å²) >= 11 is 0. The fourth-order valence-electron chi connectivity index (χ4n) is 0.367. The fraction of sp³-hybridized carbons (Fsp3) is 0.600. The van der Waals surface area contributed by atoms with E-state index in [0.29, 0.717) is 6.29 Å². The zero-order valence-electron chi connectivity index (χ0n) is 4.97. The van der Waals surface area contributed by atoms with Crippen molar-refractivity contribution in [2.45, 2.75) is 13.0 Å². The summed E-state index contributed by atoms with van der Waals surface area (Å²) in [7, 11) is 1.57. The highest BCUT2D eigenvalue weighted by molar-refractivity contribution is 5.95. The number of nitrogens with one attached hydrogen (secondary N) is 1. The minimum absolute atomic E-state index is 0.150. The molecule has 0 aromatic rings. The normalized spacial score (nSPS) is 12.8. The molecule has 0 fully saturated rings. The maximum absolute atomic E-state index is 10.3. The summed E-state index contributed by atoms with van der Waals surface area (Å²) in [6, 6.07) is -0.616. The molecule has 0 spiro atoms. The first-order chi connectivity index (χ1) is 3.72. The lowest BCUT2D eigenvalue weighted by atomic mass is 10.2. The molecule has 0 aliphatic rings. The van der Waals surface area contributed by atoms with Crippen LogP contribution in [0.15, 0.2) is 0 Å². The summed E-state index contributed by atoms with van der Waals surface area (Å²) in [5, 5.41) is 2.53. The molecule has 1 atom stereocenters. The Kier molecular flexibility index (Phi) is 3.03. The molecule has 0 aliphatic carbocycles. The van der Waals surface area contributed by atoms with Gasteiger partial charge >= 0.3 is 0 Å². The van der Waals surface area contributed by atoms with Crippen molar-refractivity contribution >= 4 is 12.1 Å². The van der Waals surface area contributed by atoms with E-state index in [2.05, 4.69) is 5.32 Å². The topological polar surface area (TPSA) is 46.2 Å². The summed E-state index contributed by atoms with van der Waals surface area (Å²) in [5.74, 6) is -0.150. The number of carbonyl (C=O) groups is 2. The Hall–Kier alpha value is -0.700. The number of hydrogen-bond acceptors (Lipinski definition) is 3. The SMILES string of the molecule is CN[C@@H](C=O)C(C)=O. The number of likely N-dealkylation sites (N-methyl/N-ethyl adjacent to an activating group) is 1. The second-order valence-corrected chi connectivity index (χ2v) is 1.51. The monoisotopic (exact) mass is 115 g/mol. The van der Waals surface area contributed by atoms with E-state index >= 15 is 0 Å². The van der Waals surface area contributed by atoms with Crippen LogP contribution in [0.1, 0.15) is 6.92 Å². The predicted molar refractivity (Wildman–Crippen MR) is 29.6 cm³/mol. The van der Waals surface area contributed by atoms with Gasteiger partial charge in [-0.05, 0) is 14.0 Å². The molecule has 0 radical (unpaired) electrons. The average Bonchev–Trinajstić information content (AvgIpc) is 1.69. The van der Waals surface area contributed by atoms with E-state index in [9.17, 15) is 9.59 Å². The molecule has 0 heterocycles. The molecule has 8 heavy (non-hydrogen) atoms. The van der Waals surface area contributed by atoms with E-state index in [1.165, 1.54) is 6.92 Å². The van der Waals surface area contributed by atoms with Crippen LogP contribution >= 0.6 is 0 Å². The van der Waals surface area contributed by atoms with Crippen molar-refractivity contribution in [3.05, 3.63) is 0 Å². The molecule has 3 heteroatoms. The minimum atomic E-state index is -0.616. The maximum atomic E-state index is 10.3. The number of ketones is 1. The van der Waals surface area contributed by atoms with Crippen molar-refractivity contribution in [2.24, 2.45) is 0 Å². The van der Waals surface area contributed by atoms with Crippen LogP contribution in [0.5, 0.6) is 0 Å².